The van der Waals surface area contributed by atoms with Crippen LogP contribution in [0.5, 0.6) is 0 Å². The highest BCUT2D eigenvalue weighted by Gasteiger charge is 2.48. The number of carbonyl (C=O) groups excluding carboxylic acids is 1. The van der Waals surface area contributed by atoms with Crippen LogP contribution in [0.1, 0.15) is 17.9 Å². The van der Waals surface area contributed by atoms with E-state index in [1.807, 2.05) is 19.0 Å². The van der Waals surface area contributed by atoms with Crippen molar-refractivity contribution in [1.82, 2.24) is 9.80 Å². The average Bonchev–Trinajstić information content (AvgIpc) is 3.22. The van der Waals surface area contributed by atoms with Gasteiger partial charge in [0, 0.05) is 30.5 Å². The molecule has 1 aromatic rings. The van der Waals surface area contributed by atoms with Crippen molar-refractivity contribution < 1.29 is 23.5 Å². The fourth-order valence-corrected chi connectivity index (χ4v) is 2.64. The fourth-order valence-electron chi connectivity index (χ4n) is 2.64. The zero-order valence-electron chi connectivity index (χ0n) is 13.1. The SMILES string of the molecule is CN(C)CCN(CC(=O)O)C(=O)C1CC1c1c(F)cccc1F. The first kappa shape index (κ1) is 17.3. The Morgan fingerprint density at radius 3 is 2.35 bits per heavy atom. The van der Waals surface area contributed by atoms with E-state index in [2.05, 4.69) is 0 Å². The summed E-state index contributed by atoms with van der Waals surface area (Å²) in [6.07, 6.45) is 0.342. The summed E-state index contributed by atoms with van der Waals surface area (Å²) < 4.78 is 27.6. The number of halogens is 2. The van der Waals surface area contributed by atoms with Gasteiger partial charge in [0.15, 0.2) is 0 Å². The summed E-state index contributed by atoms with van der Waals surface area (Å²) in [6.45, 7) is 0.376. The van der Waals surface area contributed by atoms with Crippen LogP contribution in [0.2, 0.25) is 0 Å². The monoisotopic (exact) mass is 326 g/mol. The van der Waals surface area contributed by atoms with E-state index in [1.54, 1.807) is 0 Å². The molecule has 0 bridgehead atoms. The third-order valence-electron chi connectivity index (χ3n) is 3.93. The van der Waals surface area contributed by atoms with Crippen LogP contribution in [-0.4, -0.2) is 60.5 Å². The summed E-state index contributed by atoms with van der Waals surface area (Å²) in [5.74, 6) is -3.86. The summed E-state index contributed by atoms with van der Waals surface area (Å²) in [4.78, 5) is 26.5. The Morgan fingerprint density at radius 2 is 1.83 bits per heavy atom. The van der Waals surface area contributed by atoms with Gasteiger partial charge in [-0.05, 0) is 32.6 Å². The lowest BCUT2D eigenvalue weighted by atomic mass is 10.1. The zero-order valence-corrected chi connectivity index (χ0v) is 13.1. The Bertz CT molecular complexity index is 587. The van der Waals surface area contributed by atoms with Gasteiger partial charge in [-0.25, -0.2) is 8.78 Å². The number of carboxylic acid groups (broad SMARTS) is 1. The topological polar surface area (TPSA) is 60.9 Å². The Kier molecular flexibility index (Phi) is 5.30. The van der Waals surface area contributed by atoms with E-state index in [9.17, 15) is 18.4 Å². The highest BCUT2D eigenvalue weighted by Crippen LogP contribution is 2.50. The molecule has 1 saturated carbocycles. The normalized spacial score (nSPS) is 19.7. The molecule has 1 aliphatic carbocycles. The second-order valence-electron chi connectivity index (χ2n) is 6.04. The first-order valence-corrected chi connectivity index (χ1v) is 7.40. The molecule has 0 aromatic heterocycles. The van der Waals surface area contributed by atoms with Crippen LogP contribution in [0.25, 0.3) is 0 Å². The van der Waals surface area contributed by atoms with Crippen LogP contribution < -0.4 is 0 Å². The number of aliphatic carboxylic acids is 1. The molecule has 23 heavy (non-hydrogen) atoms. The van der Waals surface area contributed by atoms with E-state index >= 15 is 0 Å². The molecule has 0 spiro atoms. The van der Waals surface area contributed by atoms with Crippen molar-refractivity contribution in [2.24, 2.45) is 5.92 Å². The highest BCUT2D eigenvalue weighted by atomic mass is 19.1. The van der Waals surface area contributed by atoms with E-state index in [1.165, 1.54) is 23.1 Å². The number of carbonyl (C=O) groups is 2. The van der Waals surface area contributed by atoms with Crippen molar-refractivity contribution in [3.05, 3.63) is 35.4 Å². The van der Waals surface area contributed by atoms with Gasteiger partial charge in [-0.2, -0.15) is 0 Å². The van der Waals surface area contributed by atoms with Gasteiger partial charge < -0.3 is 14.9 Å². The van der Waals surface area contributed by atoms with Crippen molar-refractivity contribution in [1.29, 1.82) is 0 Å². The Balaban J connectivity index is 2.08. The molecule has 1 aromatic carbocycles. The summed E-state index contributed by atoms with van der Waals surface area (Å²) in [6, 6.07) is 3.61. The lowest BCUT2D eigenvalue weighted by Crippen LogP contribution is -2.41. The number of benzene rings is 1. The maximum absolute atomic E-state index is 13.8. The van der Waals surface area contributed by atoms with Crippen molar-refractivity contribution in [3.63, 3.8) is 0 Å². The van der Waals surface area contributed by atoms with Gasteiger partial charge in [-0.1, -0.05) is 6.07 Å². The lowest BCUT2D eigenvalue weighted by Gasteiger charge is -2.23. The molecule has 7 heteroatoms. The molecule has 0 heterocycles. The molecule has 2 unspecified atom stereocenters. The third kappa shape index (κ3) is 4.25. The maximum atomic E-state index is 13.8. The zero-order chi connectivity index (χ0) is 17.1. The number of hydrogen-bond acceptors (Lipinski definition) is 3. The van der Waals surface area contributed by atoms with Crippen molar-refractivity contribution in [2.45, 2.75) is 12.3 Å². The maximum Gasteiger partial charge on any atom is 0.323 e. The highest BCUT2D eigenvalue weighted by molar-refractivity contribution is 5.86. The van der Waals surface area contributed by atoms with Crippen LogP contribution in [0, 0.1) is 17.6 Å². The van der Waals surface area contributed by atoms with Crippen LogP contribution in [0.15, 0.2) is 18.2 Å². The van der Waals surface area contributed by atoms with E-state index in [0.29, 0.717) is 13.0 Å². The minimum atomic E-state index is -1.11. The summed E-state index contributed by atoms with van der Waals surface area (Å²) >= 11 is 0. The minimum absolute atomic E-state index is 0.0752. The summed E-state index contributed by atoms with van der Waals surface area (Å²) in [5, 5.41) is 8.94. The van der Waals surface area contributed by atoms with Gasteiger partial charge in [0.1, 0.15) is 18.2 Å². The van der Waals surface area contributed by atoms with Gasteiger partial charge >= 0.3 is 5.97 Å². The Morgan fingerprint density at radius 1 is 1.22 bits per heavy atom. The smallest absolute Gasteiger partial charge is 0.323 e. The minimum Gasteiger partial charge on any atom is -0.480 e. The second-order valence-corrected chi connectivity index (χ2v) is 6.04. The molecule has 1 fully saturated rings. The number of amides is 1. The number of carboxylic acids is 1. The first-order chi connectivity index (χ1) is 10.8. The fraction of sp³-hybridized carbons (Fsp3) is 0.500. The third-order valence-corrected chi connectivity index (χ3v) is 3.93. The molecule has 1 amide bonds. The number of nitrogens with zero attached hydrogens (tertiary/aromatic N) is 2. The molecular weight excluding hydrogens is 306 g/mol. The van der Waals surface area contributed by atoms with E-state index in [4.69, 9.17) is 5.11 Å². The number of likely N-dealkylation sites (N-methyl/N-ethyl adjacent to an activating group) is 1. The molecule has 0 saturated heterocycles. The molecule has 1 aliphatic rings. The number of hydrogen-bond donors (Lipinski definition) is 1. The van der Waals surface area contributed by atoms with E-state index < -0.39 is 36.0 Å². The Labute approximate surface area is 133 Å². The lowest BCUT2D eigenvalue weighted by molar-refractivity contribution is -0.145. The predicted molar refractivity (Wildman–Crippen MR) is 80.0 cm³/mol. The molecule has 2 atom stereocenters. The van der Waals surface area contributed by atoms with E-state index in [0.717, 1.165) is 0 Å². The van der Waals surface area contributed by atoms with Crippen LogP contribution in [0.3, 0.4) is 0 Å². The van der Waals surface area contributed by atoms with E-state index in [-0.39, 0.29) is 18.0 Å². The van der Waals surface area contributed by atoms with Crippen LogP contribution >= 0.6 is 0 Å². The van der Waals surface area contributed by atoms with Crippen molar-refractivity contribution in [3.8, 4) is 0 Å². The average molecular weight is 326 g/mol. The molecular formula is C16H20F2N2O3. The van der Waals surface area contributed by atoms with Gasteiger partial charge in [0.25, 0.3) is 0 Å². The largest absolute Gasteiger partial charge is 0.480 e. The summed E-state index contributed by atoms with van der Waals surface area (Å²) in [5.41, 5.74) is -0.0752. The van der Waals surface area contributed by atoms with Crippen molar-refractivity contribution >= 4 is 11.9 Å². The summed E-state index contributed by atoms with van der Waals surface area (Å²) in [7, 11) is 3.64. The van der Waals surface area contributed by atoms with Gasteiger partial charge in [0.2, 0.25) is 5.91 Å². The van der Waals surface area contributed by atoms with Gasteiger partial charge in [-0.3, -0.25) is 9.59 Å². The van der Waals surface area contributed by atoms with Crippen LogP contribution in [0.4, 0.5) is 8.78 Å². The molecule has 0 radical (unpaired) electrons. The second kappa shape index (κ2) is 7.04. The number of rotatable bonds is 7. The van der Waals surface area contributed by atoms with Gasteiger partial charge in [-0.15, -0.1) is 0 Å². The first-order valence-electron chi connectivity index (χ1n) is 7.40. The Hall–Kier alpha value is -2.02. The van der Waals surface area contributed by atoms with Crippen molar-refractivity contribution in [2.75, 3.05) is 33.7 Å². The van der Waals surface area contributed by atoms with Gasteiger partial charge in [0.05, 0.1) is 0 Å². The van der Waals surface area contributed by atoms with Crippen LogP contribution in [-0.2, 0) is 9.59 Å². The molecule has 2 rings (SSSR count). The quantitative estimate of drug-likeness (QED) is 0.826. The standard InChI is InChI=1S/C16H20F2N2O3/c1-19(2)6-7-20(9-14(21)22)16(23)11-8-10(11)15-12(17)4-3-5-13(15)18/h3-5,10-11H,6-9H2,1-2H3,(H,21,22). The molecule has 1 N–H and O–H groups in total. The molecule has 5 nitrogen and oxygen atoms in total. The predicted octanol–water partition coefficient (Wildman–Crippen LogP) is 1.54. The molecule has 0 aliphatic heterocycles. The molecule has 126 valence electrons.